The van der Waals surface area contributed by atoms with E-state index in [1.807, 2.05) is 0 Å². The number of allylic oxidation sites excluding steroid dienone is 4. The zero-order valence-corrected chi connectivity index (χ0v) is 32.1. The van der Waals surface area contributed by atoms with Crippen molar-refractivity contribution in [1.82, 2.24) is 9.97 Å². The normalized spacial score (nSPS) is 21.9. The van der Waals surface area contributed by atoms with E-state index in [0.717, 1.165) is 39.2 Å². The van der Waals surface area contributed by atoms with Crippen LogP contribution >= 0.6 is 23.1 Å². The predicted octanol–water partition coefficient (Wildman–Crippen LogP) is 13.0. The van der Waals surface area contributed by atoms with Gasteiger partial charge in [-0.2, -0.15) is 0 Å². The summed E-state index contributed by atoms with van der Waals surface area (Å²) in [4.78, 5) is 15.7. The van der Waals surface area contributed by atoms with Gasteiger partial charge in [0.15, 0.2) is 5.82 Å². The van der Waals surface area contributed by atoms with Gasteiger partial charge in [0.05, 0.1) is 0 Å². The number of benzene rings is 6. The maximum Gasteiger partial charge on any atom is 0.160 e. The molecule has 0 bridgehead atoms. The number of thiophene rings is 1. The van der Waals surface area contributed by atoms with Gasteiger partial charge in [-0.1, -0.05) is 133 Å². The predicted molar refractivity (Wildman–Crippen MR) is 232 cm³/mol. The first kappa shape index (κ1) is 31.8. The molecule has 3 nitrogen and oxygen atoms in total. The Labute approximate surface area is 329 Å². The number of hydrogen-bond acceptors (Lipinski definition) is 5. The van der Waals surface area contributed by atoms with Crippen LogP contribution in [-0.4, -0.2) is 22.3 Å². The Morgan fingerprint density at radius 3 is 2.35 bits per heavy atom. The molecule has 12 rings (SSSR count). The van der Waals surface area contributed by atoms with Gasteiger partial charge in [0.2, 0.25) is 0 Å². The van der Waals surface area contributed by atoms with Gasteiger partial charge in [0, 0.05) is 43.9 Å². The Bertz CT molecular complexity index is 2920. The highest BCUT2D eigenvalue weighted by atomic mass is 32.2. The standard InChI is InChI=1S/C50H37N3S2/c1-53(48-46(32-21-19-31(20-22-32)30-11-3-2-4-12-30)52-49-47(51-48)38-16-8-10-18-42(38)55-49)41-17-9-7-15-36(41)25-37-24-23-35-26-39(35)45(37)50-29-44(50)54-43-28-34-14-6-5-13-33(34)27-40(43)50/h2-24,27-28,35,39,44H,25-26,29H2,1H3/t35?,39-,44?,50?/m0/s1. The van der Waals surface area contributed by atoms with E-state index < -0.39 is 0 Å². The first-order valence-corrected chi connectivity index (χ1v) is 21.1. The lowest BCUT2D eigenvalue weighted by atomic mass is 9.78. The molecule has 0 radical (unpaired) electrons. The summed E-state index contributed by atoms with van der Waals surface area (Å²) in [7, 11) is 2.18. The molecule has 8 aromatic rings. The van der Waals surface area contributed by atoms with Crippen LogP contribution in [0.3, 0.4) is 0 Å². The maximum absolute atomic E-state index is 5.49. The zero-order chi connectivity index (χ0) is 36.3. The molecule has 3 heterocycles. The molecule has 0 spiro atoms. The number of aromatic nitrogens is 2. The number of anilines is 2. The molecule has 2 aromatic heterocycles. The van der Waals surface area contributed by atoms with E-state index in [9.17, 15) is 0 Å². The summed E-state index contributed by atoms with van der Waals surface area (Å²) >= 11 is 3.85. The fraction of sp³-hybridized carbons (Fsp3) is 0.160. The van der Waals surface area contributed by atoms with Gasteiger partial charge >= 0.3 is 0 Å². The van der Waals surface area contributed by atoms with Crippen LogP contribution in [-0.2, 0) is 11.8 Å². The van der Waals surface area contributed by atoms with Crippen molar-refractivity contribution in [3.05, 3.63) is 174 Å². The summed E-state index contributed by atoms with van der Waals surface area (Å²) in [5.41, 5.74) is 12.8. The van der Waals surface area contributed by atoms with Crippen molar-refractivity contribution in [3.8, 4) is 22.4 Å². The average Bonchev–Trinajstić information content (AvgIpc) is 4.12. The van der Waals surface area contributed by atoms with Gasteiger partial charge in [-0.3, -0.25) is 0 Å². The first-order valence-electron chi connectivity index (χ1n) is 19.4. The van der Waals surface area contributed by atoms with E-state index in [0.29, 0.717) is 17.1 Å². The lowest BCUT2D eigenvalue weighted by molar-refractivity contribution is 0.701. The smallest absolute Gasteiger partial charge is 0.160 e. The molecule has 55 heavy (non-hydrogen) atoms. The van der Waals surface area contributed by atoms with E-state index in [1.54, 1.807) is 22.5 Å². The van der Waals surface area contributed by atoms with E-state index in [-0.39, 0.29) is 5.41 Å². The quantitative estimate of drug-likeness (QED) is 0.163. The monoisotopic (exact) mass is 743 g/mol. The van der Waals surface area contributed by atoms with Gasteiger partial charge in [0.1, 0.15) is 16.0 Å². The van der Waals surface area contributed by atoms with Crippen LogP contribution in [0.25, 0.3) is 53.6 Å². The summed E-state index contributed by atoms with van der Waals surface area (Å²) in [6, 6.07) is 50.8. The third-order valence-electron chi connectivity index (χ3n) is 12.6. The molecule has 1 aliphatic heterocycles. The van der Waals surface area contributed by atoms with Crippen molar-refractivity contribution in [2.45, 2.75) is 34.8 Å². The average molecular weight is 744 g/mol. The highest BCUT2D eigenvalue weighted by Gasteiger charge is 2.67. The number of rotatable bonds is 7. The van der Waals surface area contributed by atoms with Crippen molar-refractivity contribution < 1.29 is 0 Å². The fourth-order valence-electron chi connectivity index (χ4n) is 9.70. The minimum absolute atomic E-state index is 0.167. The van der Waals surface area contributed by atoms with Crippen LogP contribution in [0.2, 0.25) is 0 Å². The van der Waals surface area contributed by atoms with E-state index in [1.165, 1.54) is 61.2 Å². The molecular formula is C50H37N3S2. The number of para-hydroxylation sites is 1. The Morgan fingerprint density at radius 1 is 0.745 bits per heavy atom. The van der Waals surface area contributed by atoms with Gasteiger partial charge < -0.3 is 4.90 Å². The van der Waals surface area contributed by atoms with Crippen LogP contribution in [0.4, 0.5) is 11.5 Å². The van der Waals surface area contributed by atoms with Gasteiger partial charge in [-0.05, 0) is 94.0 Å². The molecule has 2 saturated carbocycles. The van der Waals surface area contributed by atoms with Crippen LogP contribution in [0.15, 0.2) is 168 Å². The second kappa shape index (κ2) is 12.0. The van der Waals surface area contributed by atoms with E-state index in [2.05, 4.69) is 175 Å². The summed E-state index contributed by atoms with van der Waals surface area (Å²) < 4.78 is 1.21. The van der Waals surface area contributed by atoms with Crippen molar-refractivity contribution in [2.24, 2.45) is 11.8 Å². The molecule has 6 aromatic carbocycles. The molecule has 0 N–H and O–H groups in total. The Kier molecular flexibility index (Phi) is 6.94. The molecule has 5 heteroatoms. The molecule has 0 amide bonds. The minimum atomic E-state index is 0.167. The summed E-state index contributed by atoms with van der Waals surface area (Å²) in [5.74, 6) is 2.24. The van der Waals surface area contributed by atoms with Crippen molar-refractivity contribution in [3.63, 3.8) is 0 Å². The number of fused-ring (bicyclic) bond motifs is 8. The molecule has 3 aliphatic carbocycles. The van der Waals surface area contributed by atoms with Crippen molar-refractivity contribution in [1.29, 1.82) is 0 Å². The Balaban J connectivity index is 0.973. The molecule has 4 atom stereocenters. The minimum Gasteiger partial charge on any atom is -0.327 e. The zero-order valence-electron chi connectivity index (χ0n) is 30.4. The van der Waals surface area contributed by atoms with Gasteiger partial charge in [-0.25, -0.2) is 9.97 Å². The van der Waals surface area contributed by atoms with Gasteiger partial charge in [0.25, 0.3) is 0 Å². The highest BCUT2D eigenvalue weighted by molar-refractivity contribution is 8.00. The number of thioether (sulfide) groups is 1. The molecular weight excluding hydrogens is 707 g/mol. The highest BCUT2D eigenvalue weighted by Crippen LogP contribution is 2.73. The van der Waals surface area contributed by atoms with Crippen molar-refractivity contribution >= 4 is 65.8 Å². The van der Waals surface area contributed by atoms with Gasteiger partial charge in [-0.15, -0.1) is 23.1 Å². The van der Waals surface area contributed by atoms with Crippen LogP contribution in [0.1, 0.15) is 24.0 Å². The second-order valence-corrected chi connectivity index (χ2v) is 18.0. The largest absolute Gasteiger partial charge is 0.327 e. The Morgan fingerprint density at radius 2 is 1.47 bits per heavy atom. The molecule has 2 fully saturated rings. The lowest BCUT2D eigenvalue weighted by Crippen LogP contribution is -2.19. The first-order chi connectivity index (χ1) is 27.1. The molecule has 4 aliphatic rings. The summed E-state index contributed by atoms with van der Waals surface area (Å²) in [5, 5.41) is 4.52. The maximum atomic E-state index is 5.49. The van der Waals surface area contributed by atoms with E-state index in [4.69, 9.17) is 9.97 Å². The van der Waals surface area contributed by atoms with Crippen LogP contribution in [0, 0.1) is 11.8 Å². The van der Waals surface area contributed by atoms with E-state index >= 15 is 0 Å². The number of hydrogen-bond donors (Lipinski definition) is 0. The third kappa shape index (κ3) is 4.96. The fourth-order valence-corrected chi connectivity index (χ4v) is 12.4. The SMILES string of the molecule is CN(c1ccccc1CC1=C(C23CC2Sc2cc4ccccc4cc23)[C@H]2CC2C=C1)c1nc2c(nc1-c1ccc(-c3ccccc3)cc1)sc1ccccc12. The summed E-state index contributed by atoms with van der Waals surface area (Å²) in [6.07, 6.45) is 8.45. The summed E-state index contributed by atoms with van der Waals surface area (Å²) in [6.45, 7) is 0. The van der Waals surface area contributed by atoms with Crippen molar-refractivity contribution in [2.75, 3.05) is 11.9 Å². The molecule has 264 valence electrons. The molecule has 0 saturated heterocycles. The third-order valence-corrected chi connectivity index (χ3v) is 15.1. The Hall–Kier alpha value is -5.49. The topological polar surface area (TPSA) is 29.0 Å². The lowest BCUT2D eigenvalue weighted by Gasteiger charge is -2.27. The second-order valence-electron chi connectivity index (χ2n) is 15.7. The van der Waals surface area contributed by atoms with Crippen LogP contribution in [0.5, 0.6) is 0 Å². The molecule has 3 unspecified atom stereocenters. The van der Waals surface area contributed by atoms with Crippen LogP contribution < -0.4 is 4.90 Å². The number of nitrogens with zero attached hydrogens (tertiary/aromatic N) is 3.